The number of halogens is 1. The van der Waals surface area contributed by atoms with E-state index in [1.807, 2.05) is 0 Å². The lowest BCUT2D eigenvalue weighted by atomic mass is 10.2. The molecule has 1 saturated heterocycles. The van der Waals surface area contributed by atoms with Crippen LogP contribution in [0.3, 0.4) is 0 Å². The summed E-state index contributed by atoms with van der Waals surface area (Å²) in [5.41, 5.74) is 1.31. The Hall–Kier alpha value is -0.380. The van der Waals surface area contributed by atoms with Crippen molar-refractivity contribution in [2.45, 2.75) is 19.1 Å². The van der Waals surface area contributed by atoms with Crippen molar-refractivity contribution in [1.82, 2.24) is 4.90 Å². The van der Waals surface area contributed by atoms with Gasteiger partial charge in [0.15, 0.2) is 0 Å². The zero-order valence-electron chi connectivity index (χ0n) is 7.99. The van der Waals surface area contributed by atoms with Gasteiger partial charge in [0.05, 0.1) is 6.10 Å². The molecule has 1 atom stereocenters. The fraction of sp³-hybridized carbons (Fsp3) is 0.455. The van der Waals surface area contributed by atoms with Gasteiger partial charge in [-0.3, -0.25) is 4.90 Å². The number of hydrogen-bond acceptors (Lipinski definition) is 2. The minimum Gasteiger partial charge on any atom is -0.392 e. The molecule has 1 heterocycles. The first-order valence-corrected chi connectivity index (χ1v) is 5.68. The number of likely N-dealkylation sites (tertiary alicyclic amines) is 1. The Morgan fingerprint density at radius 1 is 1.36 bits per heavy atom. The molecule has 0 amide bonds. The van der Waals surface area contributed by atoms with Crippen molar-refractivity contribution in [2.75, 3.05) is 13.1 Å². The second kappa shape index (κ2) is 4.43. The van der Waals surface area contributed by atoms with Gasteiger partial charge >= 0.3 is 0 Å². The third kappa shape index (κ3) is 2.56. The summed E-state index contributed by atoms with van der Waals surface area (Å²) in [6.07, 6.45) is 0.793. The monoisotopic (exact) mass is 255 g/mol. The maximum Gasteiger partial charge on any atom is 0.0679 e. The lowest BCUT2D eigenvalue weighted by Gasteiger charge is -2.14. The van der Waals surface area contributed by atoms with Crippen molar-refractivity contribution in [3.8, 4) is 0 Å². The first kappa shape index (κ1) is 10.1. The molecule has 2 nitrogen and oxygen atoms in total. The fourth-order valence-corrected chi connectivity index (χ4v) is 2.07. The largest absolute Gasteiger partial charge is 0.392 e. The molecule has 1 aliphatic heterocycles. The van der Waals surface area contributed by atoms with Gasteiger partial charge in [-0.25, -0.2) is 0 Å². The first-order chi connectivity index (χ1) is 6.74. The Morgan fingerprint density at radius 3 is 2.64 bits per heavy atom. The van der Waals surface area contributed by atoms with Crippen LogP contribution < -0.4 is 0 Å². The summed E-state index contributed by atoms with van der Waals surface area (Å²) in [6.45, 7) is 2.78. The van der Waals surface area contributed by atoms with Gasteiger partial charge in [-0.05, 0) is 24.1 Å². The van der Waals surface area contributed by atoms with E-state index >= 15 is 0 Å². The summed E-state index contributed by atoms with van der Waals surface area (Å²) in [4.78, 5) is 2.29. The predicted molar refractivity (Wildman–Crippen MR) is 60.0 cm³/mol. The van der Waals surface area contributed by atoms with Gasteiger partial charge in [0.1, 0.15) is 0 Å². The van der Waals surface area contributed by atoms with E-state index in [1.54, 1.807) is 0 Å². The molecule has 0 bridgehead atoms. The molecule has 0 spiro atoms. The van der Waals surface area contributed by atoms with Crippen LogP contribution in [0.5, 0.6) is 0 Å². The molecule has 0 saturated carbocycles. The maximum atomic E-state index is 9.37. The van der Waals surface area contributed by atoms with Crippen molar-refractivity contribution < 1.29 is 5.11 Å². The zero-order chi connectivity index (χ0) is 9.97. The Balaban J connectivity index is 1.94. The number of rotatable bonds is 2. The average molecular weight is 256 g/mol. The van der Waals surface area contributed by atoms with Crippen LogP contribution in [-0.2, 0) is 6.54 Å². The topological polar surface area (TPSA) is 23.5 Å². The van der Waals surface area contributed by atoms with E-state index in [0.29, 0.717) is 0 Å². The molecule has 1 aliphatic rings. The van der Waals surface area contributed by atoms with E-state index in [-0.39, 0.29) is 6.10 Å². The van der Waals surface area contributed by atoms with Gasteiger partial charge in [0, 0.05) is 24.1 Å². The van der Waals surface area contributed by atoms with Crippen LogP contribution in [0.4, 0.5) is 0 Å². The van der Waals surface area contributed by atoms with Crippen LogP contribution in [0.25, 0.3) is 0 Å². The maximum absolute atomic E-state index is 9.37. The highest BCUT2D eigenvalue weighted by Crippen LogP contribution is 2.15. The van der Waals surface area contributed by atoms with Crippen LogP contribution in [-0.4, -0.2) is 29.2 Å². The number of benzene rings is 1. The minimum atomic E-state index is -0.120. The Kier molecular flexibility index (Phi) is 3.21. The van der Waals surface area contributed by atoms with Gasteiger partial charge in [-0.2, -0.15) is 0 Å². The fourth-order valence-electron chi connectivity index (χ4n) is 1.80. The lowest BCUT2D eigenvalue weighted by molar-refractivity contribution is 0.175. The highest BCUT2D eigenvalue weighted by atomic mass is 79.9. The van der Waals surface area contributed by atoms with E-state index in [0.717, 1.165) is 30.5 Å². The van der Waals surface area contributed by atoms with Gasteiger partial charge in [-0.1, -0.05) is 28.1 Å². The van der Waals surface area contributed by atoms with Crippen LogP contribution >= 0.6 is 15.9 Å². The summed E-state index contributed by atoms with van der Waals surface area (Å²) < 4.78 is 1.11. The van der Waals surface area contributed by atoms with Crippen molar-refractivity contribution in [1.29, 1.82) is 0 Å². The van der Waals surface area contributed by atoms with Gasteiger partial charge in [0.25, 0.3) is 0 Å². The molecule has 0 aromatic heterocycles. The van der Waals surface area contributed by atoms with Crippen LogP contribution in [0.1, 0.15) is 12.0 Å². The number of aliphatic hydroxyl groups is 1. The highest BCUT2D eigenvalue weighted by Gasteiger charge is 2.19. The number of aliphatic hydroxyl groups excluding tert-OH is 1. The van der Waals surface area contributed by atoms with Gasteiger partial charge < -0.3 is 5.11 Å². The van der Waals surface area contributed by atoms with E-state index in [9.17, 15) is 5.11 Å². The van der Waals surface area contributed by atoms with Crippen LogP contribution in [0, 0.1) is 0 Å². The van der Waals surface area contributed by atoms with Crippen molar-refractivity contribution in [3.05, 3.63) is 34.3 Å². The summed E-state index contributed by atoms with van der Waals surface area (Å²) in [6, 6.07) is 8.35. The number of hydrogen-bond donors (Lipinski definition) is 1. The molecule has 2 rings (SSSR count). The van der Waals surface area contributed by atoms with Crippen molar-refractivity contribution in [3.63, 3.8) is 0 Å². The molecule has 3 heteroatoms. The molecule has 0 aliphatic carbocycles. The Morgan fingerprint density at radius 2 is 2.07 bits per heavy atom. The van der Waals surface area contributed by atoms with Crippen LogP contribution in [0.2, 0.25) is 0 Å². The Bertz CT molecular complexity index is 299. The molecular weight excluding hydrogens is 242 g/mol. The predicted octanol–water partition coefficient (Wildman–Crippen LogP) is 2.02. The van der Waals surface area contributed by atoms with E-state index in [1.165, 1.54) is 5.56 Å². The van der Waals surface area contributed by atoms with E-state index in [4.69, 9.17) is 0 Å². The minimum absolute atomic E-state index is 0.120. The molecule has 1 aromatic rings. The van der Waals surface area contributed by atoms with E-state index in [2.05, 4.69) is 45.1 Å². The highest BCUT2D eigenvalue weighted by molar-refractivity contribution is 9.10. The summed E-state index contributed by atoms with van der Waals surface area (Å²) in [7, 11) is 0. The van der Waals surface area contributed by atoms with Crippen molar-refractivity contribution >= 4 is 15.9 Å². The van der Waals surface area contributed by atoms with Gasteiger partial charge in [-0.15, -0.1) is 0 Å². The quantitative estimate of drug-likeness (QED) is 0.875. The third-order valence-corrected chi connectivity index (χ3v) is 3.10. The second-order valence-corrected chi connectivity index (χ2v) is 4.72. The summed E-state index contributed by atoms with van der Waals surface area (Å²) >= 11 is 3.41. The number of β-amino-alcohol motifs (C(OH)–C–C–N with tert-alkyl or cyclic N) is 1. The molecule has 14 heavy (non-hydrogen) atoms. The SMILES string of the molecule is OC1CCN(Cc2ccc(Br)cc2)C1. The zero-order valence-corrected chi connectivity index (χ0v) is 9.57. The molecule has 76 valence electrons. The molecule has 0 radical (unpaired) electrons. The number of nitrogens with zero attached hydrogens (tertiary/aromatic N) is 1. The second-order valence-electron chi connectivity index (χ2n) is 3.80. The standard InChI is InChI=1S/C11H14BrNO/c12-10-3-1-9(2-4-10)7-13-6-5-11(14)8-13/h1-4,11,14H,5-8H2. The average Bonchev–Trinajstić information content (AvgIpc) is 2.56. The van der Waals surface area contributed by atoms with Crippen molar-refractivity contribution in [2.24, 2.45) is 0 Å². The molecular formula is C11H14BrNO. The van der Waals surface area contributed by atoms with E-state index < -0.39 is 0 Å². The molecule has 1 aromatic carbocycles. The van der Waals surface area contributed by atoms with Crippen LogP contribution in [0.15, 0.2) is 28.7 Å². The summed E-state index contributed by atoms with van der Waals surface area (Å²) in [5, 5.41) is 9.37. The third-order valence-electron chi connectivity index (χ3n) is 2.57. The van der Waals surface area contributed by atoms with Gasteiger partial charge in [0.2, 0.25) is 0 Å². The lowest BCUT2D eigenvalue weighted by Crippen LogP contribution is -2.21. The molecule has 1 unspecified atom stereocenters. The summed E-state index contributed by atoms with van der Waals surface area (Å²) in [5.74, 6) is 0. The normalized spacial score (nSPS) is 22.9. The molecule has 1 N–H and O–H groups in total. The smallest absolute Gasteiger partial charge is 0.0679 e. The first-order valence-electron chi connectivity index (χ1n) is 4.89. The molecule has 1 fully saturated rings. The Labute approximate surface area is 92.7 Å².